The number of aryl methyl sites for hydroxylation is 1. The van der Waals surface area contributed by atoms with Crippen LogP contribution in [0.15, 0.2) is 24.3 Å². The average molecular weight is 276 g/mol. The highest BCUT2D eigenvalue weighted by atomic mass is 16.2. The highest BCUT2D eigenvalue weighted by Gasteiger charge is 2.08. The standard InChI is InChI=1S/C16H24N2O2/c1-4-5-6-13-7-9-14(10-8-13)16(20)17-11-15(19)18-12(2)3/h7-10,12H,4-6,11H2,1-3H3,(H,17,20)(H,18,19). The first-order valence-electron chi connectivity index (χ1n) is 7.19. The second-order valence-corrected chi connectivity index (χ2v) is 5.21. The van der Waals surface area contributed by atoms with E-state index in [4.69, 9.17) is 0 Å². The first-order chi connectivity index (χ1) is 9.52. The molecule has 0 saturated heterocycles. The van der Waals surface area contributed by atoms with Crippen LogP contribution >= 0.6 is 0 Å². The number of nitrogens with one attached hydrogen (secondary N) is 2. The highest BCUT2D eigenvalue weighted by Crippen LogP contribution is 2.07. The van der Waals surface area contributed by atoms with E-state index in [1.807, 2.05) is 26.0 Å². The predicted octanol–water partition coefficient (Wildman–Crippen LogP) is 2.28. The molecule has 0 atom stereocenters. The first kappa shape index (κ1) is 16.2. The molecule has 0 aromatic heterocycles. The molecule has 1 aromatic rings. The van der Waals surface area contributed by atoms with Crippen molar-refractivity contribution in [3.05, 3.63) is 35.4 Å². The number of rotatable bonds is 7. The van der Waals surface area contributed by atoms with Gasteiger partial charge in [0.2, 0.25) is 5.91 Å². The SMILES string of the molecule is CCCCc1ccc(C(=O)NCC(=O)NC(C)C)cc1. The Morgan fingerprint density at radius 2 is 1.80 bits per heavy atom. The largest absolute Gasteiger partial charge is 0.352 e. The van der Waals surface area contributed by atoms with Crippen LogP contribution in [-0.4, -0.2) is 24.4 Å². The van der Waals surface area contributed by atoms with E-state index in [0.717, 1.165) is 19.3 Å². The third-order valence-electron chi connectivity index (χ3n) is 2.89. The molecule has 0 fully saturated rings. The number of hydrogen-bond donors (Lipinski definition) is 2. The van der Waals surface area contributed by atoms with Crippen LogP contribution in [0, 0.1) is 0 Å². The molecule has 0 heterocycles. The maximum absolute atomic E-state index is 11.9. The van der Waals surface area contributed by atoms with Gasteiger partial charge in [-0.3, -0.25) is 9.59 Å². The molecular weight excluding hydrogens is 252 g/mol. The zero-order valence-electron chi connectivity index (χ0n) is 12.5. The van der Waals surface area contributed by atoms with Gasteiger partial charge in [0.15, 0.2) is 0 Å². The minimum atomic E-state index is -0.217. The Bertz CT molecular complexity index is 438. The maximum Gasteiger partial charge on any atom is 0.251 e. The molecule has 0 bridgehead atoms. The van der Waals surface area contributed by atoms with Gasteiger partial charge < -0.3 is 10.6 Å². The zero-order chi connectivity index (χ0) is 15.0. The summed E-state index contributed by atoms with van der Waals surface area (Å²) in [6, 6.07) is 7.64. The molecule has 0 saturated carbocycles. The summed E-state index contributed by atoms with van der Waals surface area (Å²) in [6.45, 7) is 5.93. The van der Waals surface area contributed by atoms with Crippen molar-refractivity contribution in [3.63, 3.8) is 0 Å². The summed E-state index contributed by atoms with van der Waals surface area (Å²) in [6.07, 6.45) is 3.35. The fraction of sp³-hybridized carbons (Fsp3) is 0.500. The van der Waals surface area contributed by atoms with E-state index in [1.165, 1.54) is 5.56 Å². The molecule has 0 aliphatic heterocycles. The molecule has 0 aliphatic carbocycles. The average Bonchev–Trinajstić information content (AvgIpc) is 2.42. The summed E-state index contributed by atoms with van der Waals surface area (Å²) >= 11 is 0. The van der Waals surface area contributed by atoms with Crippen molar-refractivity contribution in [2.75, 3.05) is 6.54 Å². The van der Waals surface area contributed by atoms with Crippen LogP contribution < -0.4 is 10.6 Å². The van der Waals surface area contributed by atoms with E-state index in [2.05, 4.69) is 17.6 Å². The minimum Gasteiger partial charge on any atom is -0.352 e. The van der Waals surface area contributed by atoms with Gasteiger partial charge in [0.05, 0.1) is 6.54 Å². The first-order valence-corrected chi connectivity index (χ1v) is 7.19. The summed E-state index contributed by atoms with van der Waals surface area (Å²) in [7, 11) is 0. The predicted molar refractivity (Wildman–Crippen MR) is 80.7 cm³/mol. The van der Waals surface area contributed by atoms with Gasteiger partial charge in [0.25, 0.3) is 5.91 Å². The smallest absolute Gasteiger partial charge is 0.251 e. The molecule has 1 rings (SSSR count). The molecule has 2 amide bonds. The van der Waals surface area contributed by atoms with Crippen molar-refractivity contribution in [2.45, 2.75) is 46.1 Å². The molecule has 0 radical (unpaired) electrons. The number of carbonyl (C=O) groups is 2. The number of benzene rings is 1. The summed E-state index contributed by atoms with van der Waals surface area (Å²) in [4.78, 5) is 23.3. The van der Waals surface area contributed by atoms with Crippen molar-refractivity contribution in [1.29, 1.82) is 0 Å². The fourth-order valence-electron chi connectivity index (χ4n) is 1.84. The lowest BCUT2D eigenvalue weighted by atomic mass is 10.1. The second-order valence-electron chi connectivity index (χ2n) is 5.21. The third kappa shape index (κ3) is 5.87. The summed E-state index contributed by atoms with van der Waals surface area (Å²) < 4.78 is 0. The Balaban J connectivity index is 2.45. The van der Waals surface area contributed by atoms with Crippen LogP contribution in [-0.2, 0) is 11.2 Å². The molecule has 4 nitrogen and oxygen atoms in total. The van der Waals surface area contributed by atoms with Gasteiger partial charge in [-0.25, -0.2) is 0 Å². The molecule has 20 heavy (non-hydrogen) atoms. The molecule has 0 unspecified atom stereocenters. The van der Waals surface area contributed by atoms with Gasteiger partial charge >= 0.3 is 0 Å². The lowest BCUT2D eigenvalue weighted by molar-refractivity contribution is -0.120. The van der Waals surface area contributed by atoms with Gasteiger partial charge in [-0.2, -0.15) is 0 Å². The summed E-state index contributed by atoms with van der Waals surface area (Å²) in [5, 5.41) is 5.34. The van der Waals surface area contributed by atoms with Gasteiger partial charge in [-0.1, -0.05) is 25.5 Å². The van der Waals surface area contributed by atoms with Crippen molar-refractivity contribution < 1.29 is 9.59 Å². The topological polar surface area (TPSA) is 58.2 Å². The van der Waals surface area contributed by atoms with Crippen LogP contribution in [0.4, 0.5) is 0 Å². The van der Waals surface area contributed by atoms with E-state index in [1.54, 1.807) is 12.1 Å². The van der Waals surface area contributed by atoms with Crippen molar-refractivity contribution >= 4 is 11.8 Å². The van der Waals surface area contributed by atoms with Crippen LogP contribution in [0.5, 0.6) is 0 Å². The molecule has 1 aromatic carbocycles. The molecule has 2 N–H and O–H groups in total. The number of carbonyl (C=O) groups excluding carboxylic acids is 2. The van der Waals surface area contributed by atoms with Gasteiger partial charge in [-0.15, -0.1) is 0 Å². The Labute approximate surface area is 121 Å². The highest BCUT2D eigenvalue weighted by molar-refractivity contribution is 5.96. The van der Waals surface area contributed by atoms with Crippen LogP contribution in [0.2, 0.25) is 0 Å². The van der Waals surface area contributed by atoms with Crippen molar-refractivity contribution in [2.24, 2.45) is 0 Å². The zero-order valence-corrected chi connectivity index (χ0v) is 12.5. The fourth-order valence-corrected chi connectivity index (χ4v) is 1.84. The lowest BCUT2D eigenvalue weighted by Gasteiger charge is -2.09. The molecule has 4 heteroatoms. The van der Waals surface area contributed by atoms with Crippen molar-refractivity contribution in [3.8, 4) is 0 Å². The Hall–Kier alpha value is -1.84. The normalized spacial score (nSPS) is 10.4. The summed E-state index contributed by atoms with van der Waals surface area (Å²) in [5.41, 5.74) is 1.82. The molecule has 110 valence electrons. The van der Waals surface area contributed by atoms with E-state index in [-0.39, 0.29) is 24.4 Å². The Kier molecular flexibility index (Phi) is 6.77. The van der Waals surface area contributed by atoms with E-state index in [0.29, 0.717) is 5.56 Å². The molecular formula is C16H24N2O2. The van der Waals surface area contributed by atoms with E-state index in [9.17, 15) is 9.59 Å². The monoisotopic (exact) mass is 276 g/mol. The third-order valence-corrected chi connectivity index (χ3v) is 2.89. The quantitative estimate of drug-likeness (QED) is 0.802. The second kappa shape index (κ2) is 8.35. The van der Waals surface area contributed by atoms with Crippen LogP contribution in [0.25, 0.3) is 0 Å². The number of amides is 2. The lowest BCUT2D eigenvalue weighted by Crippen LogP contribution is -2.39. The van der Waals surface area contributed by atoms with Crippen molar-refractivity contribution in [1.82, 2.24) is 10.6 Å². The van der Waals surface area contributed by atoms with Gasteiger partial charge in [0, 0.05) is 11.6 Å². The maximum atomic E-state index is 11.9. The number of unbranched alkanes of at least 4 members (excludes halogenated alkanes) is 1. The minimum absolute atomic E-state index is 0.00853. The Morgan fingerprint density at radius 1 is 1.15 bits per heavy atom. The molecule has 0 spiro atoms. The summed E-state index contributed by atoms with van der Waals surface area (Å²) in [5.74, 6) is -0.390. The Morgan fingerprint density at radius 3 is 2.35 bits per heavy atom. The van der Waals surface area contributed by atoms with Gasteiger partial charge in [0.1, 0.15) is 0 Å². The van der Waals surface area contributed by atoms with E-state index >= 15 is 0 Å². The number of hydrogen-bond acceptors (Lipinski definition) is 2. The molecule has 0 aliphatic rings. The van der Waals surface area contributed by atoms with E-state index < -0.39 is 0 Å². The van der Waals surface area contributed by atoms with Gasteiger partial charge in [-0.05, 0) is 44.4 Å². The van der Waals surface area contributed by atoms with Crippen LogP contribution in [0.1, 0.15) is 49.5 Å². The van der Waals surface area contributed by atoms with Crippen LogP contribution in [0.3, 0.4) is 0 Å².